The van der Waals surface area contributed by atoms with Crippen molar-refractivity contribution < 1.29 is 18.7 Å². The van der Waals surface area contributed by atoms with Crippen LogP contribution in [0.4, 0.5) is 4.39 Å². The first kappa shape index (κ1) is 26.2. The minimum atomic E-state index is -0.360. The number of hydrazone groups is 1. The number of halogens is 2. The summed E-state index contributed by atoms with van der Waals surface area (Å²) >= 11 is 7.55. The third-order valence-electron chi connectivity index (χ3n) is 7.15. The number of nitrogens with zero attached hydrogens (tertiary/aromatic N) is 3. The van der Waals surface area contributed by atoms with Gasteiger partial charge in [0.25, 0.3) is 11.8 Å². The molecule has 40 heavy (non-hydrogen) atoms. The fraction of sp³-hybridized carbons (Fsp3) is 0.194. The molecule has 0 unspecified atom stereocenters. The van der Waals surface area contributed by atoms with Crippen molar-refractivity contribution in [1.82, 2.24) is 9.91 Å². The molecule has 3 heterocycles. The molecule has 0 spiro atoms. The zero-order valence-electron chi connectivity index (χ0n) is 21.4. The molecule has 2 aliphatic heterocycles. The zero-order chi connectivity index (χ0) is 27.6. The summed E-state index contributed by atoms with van der Waals surface area (Å²) in [5.74, 6) is -0.207. The molecule has 0 N–H and O–H groups in total. The van der Waals surface area contributed by atoms with Gasteiger partial charge in [-0.2, -0.15) is 5.10 Å². The number of carbonyl (C=O) groups excluding carboxylic acids is 2. The van der Waals surface area contributed by atoms with Gasteiger partial charge in [0.2, 0.25) is 0 Å². The number of rotatable bonds is 7. The Morgan fingerprint density at radius 2 is 1.85 bits per heavy atom. The standard InChI is InChI=1S/C31H25ClFN3O3S/c32-22-10-6-20(7-11-22)18-35-15-14-24-25(31(35)38)3-1-4-28(24)39-19-30(37)36-27(21-8-12-23(33)13-9-21)17-26(34-36)29-5-2-16-40-29/h1-13,16,27H,14-15,17-19H2/t27-/m0/s1. The van der Waals surface area contributed by atoms with Crippen molar-refractivity contribution in [2.24, 2.45) is 5.10 Å². The third kappa shape index (κ3) is 5.37. The Kier molecular flexibility index (Phi) is 7.36. The van der Waals surface area contributed by atoms with Crippen molar-refractivity contribution in [2.45, 2.75) is 25.4 Å². The maximum absolute atomic E-state index is 13.6. The van der Waals surface area contributed by atoms with Crippen molar-refractivity contribution in [1.29, 1.82) is 0 Å². The lowest BCUT2D eigenvalue weighted by Gasteiger charge is -2.30. The molecule has 0 bridgehead atoms. The Labute approximate surface area is 240 Å². The second kappa shape index (κ2) is 11.2. The largest absolute Gasteiger partial charge is 0.483 e. The molecule has 6 nitrogen and oxygen atoms in total. The highest BCUT2D eigenvalue weighted by Gasteiger charge is 2.34. The summed E-state index contributed by atoms with van der Waals surface area (Å²) in [6.07, 6.45) is 1.14. The van der Waals surface area contributed by atoms with Gasteiger partial charge >= 0.3 is 0 Å². The molecule has 0 saturated carbocycles. The lowest BCUT2D eigenvalue weighted by molar-refractivity contribution is -0.135. The fourth-order valence-corrected chi connectivity index (χ4v) is 5.97. The lowest BCUT2D eigenvalue weighted by atomic mass is 9.97. The predicted molar refractivity (Wildman–Crippen MR) is 153 cm³/mol. The van der Waals surface area contributed by atoms with E-state index in [1.807, 2.05) is 41.8 Å². The van der Waals surface area contributed by atoms with Crippen LogP contribution in [0.15, 0.2) is 89.3 Å². The number of ether oxygens (including phenoxy) is 1. The number of hydrogen-bond acceptors (Lipinski definition) is 5. The number of benzene rings is 3. The van der Waals surface area contributed by atoms with E-state index >= 15 is 0 Å². The Hall–Kier alpha value is -4.01. The fourth-order valence-electron chi connectivity index (χ4n) is 5.12. The molecule has 1 atom stereocenters. The van der Waals surface area contributed by atoms with Crippen LogP contribution >= 0.6 is 22.9 Å². The highest BCUT2D eigenvalue weighted by molar-refractivity contribution is 7.12. The van der Waals surface area contributed by atoms with E-state index in [1.54, 1.807) is 46.6 Å². The third-order valence-corrected chi connectivity index (χ3v) is 8.32. The van der Waals surface area contributed by atoms with Gasteiger partial charge in [0.1, 0.15) is 11.6 Å². The topological polar surface area (TPSA) is 62.2 Å². The molecule has 2 amide bonds. The van der Waals surface area contributed by atoms with Gasteiger partial charge in [0.05, 0.1) is 16.6 Å². The van der Waals surface area contributed by atoms with Gasteiger partial charge in [0.15, 0.2) is 6.61 Å². The van der Waals surface area contributed by atoms with Crippen LogP contribution in [0.25, 0.3) is 0 Å². The molecular formula is C31H25ClFN3O3S. The van der Waals surface area contributed by atoms with E-state index in [4.69, 9.17) is 16.3 Å². The Bertz CT molecular complexity index is 1570. The molecule has 2 aliphatic rings. The van der Waals surface area contributed by atoms with Crippen LogP contribution in [0.5, 0.6) is 5.75 Å². The number of carbonyl (C=O) groups is 2. The van der Waals surface area contributed by atoms with E-state index in [-0.39, 0.29) is 30.3 Å². The predicted octanol–water partition coefficient (Wildman–Crippen LogP) is 6.50. The van der Waals surface area contributed by atoms with Crippen molar-refractivity contribution in [3.63, 3.8) is 0 Å². The summed E-state index contributed by atoms with van der Waals surface area (Å²) in [4.78, 5) is 29.5. The number of amides is 2. The summed E-state index contributed by atoms with van der Waals surface area (Å²) in [7, 11) is 0. The van der Waals surface area contributed by atoms with Crippen molar-refractivity contribution in [3.05, 3.63) is 122 Å². The van der Waals surface area contributed by atoms with Crippen molar-refractivity contribution in [2.75, 3.05) is 13.2 Å². The van der Waals surface area contributed by atoms with Crippen LogP contribution in [0.1, 0.15) is 44.4 Å². The highest BCUT2D eigenvalue weighted by atomic mass is 35.5. The van der Waals surface area contributed by atoms with E-state index in [1.165, 1.54) is 17.1 Å². The first-order valence-electron chi connectivity index (χ1n) is 12.9. The number of fused-ring (bicyclic) bond motifs is 1. The van der Waals surface area contributed by atoms with E-state index in [0.29, 0.717) is 42.3 Å². The first-order chi connectivity index (χ1) is 19.5. The molecule has 0 radical (unpaired) electrons. The Balaban J connectivity index is 1.18. The molecule has 0 saturated heterocycles. The van der Waals surface area contributed by atoms with Gasteiger partial charge in [-0.25, -0.2) is 9.40 Å². The van der Waals surface area contributed by atoms with Gasteiger partial charge < -0.3 is 9.64 Å². The maximum atomic E-state index is 13.6. The minimum Gasteiger partial charge on any atom is -0.483 e. The Morgan fingerprint density at radius 1 is 1.05 bits per heavy atom. The number of thiophene rings is 1. The monoisotopic (exact) mass is 573 g/mol. The van der Waals surface area contributed by atoms with Crippen LogP contribution < -0.4 is 4.74 Å². The van der Waals surface area contributed by atoms with Crippen LogP contribution in [0.2, 0.25) is 5.02 Å². The van der Waals surface area contributed by atoms with Crippen LogP contribution in [0, 0.1) is 5.82 Å². The molecule has 4 aromatic rings. The second-order valence-electron chi connectivity index (χ2n) is 9.71. The molecule has 6 rings (SSSR count). The molecule has 9 heteroatoms. The van der Waals surface area contributed by atoms with Crippen LogP contribution in [-0.2, 0) is 17.8 Å². The van der Waals surface area contributed by atoms with Gasteiger partial charge in [-0.1, -0.05) is 48.0 Å². The quantitative estimate of drug-likeness (QED) is 0.254. The minimum absolute atomic E-state index is 0.0749. The molecule has 1 aromatic heterocycles. The van der Waals surface area contributed by atoms with Crippen molar-refractivity contribution >= 4 is 40.5 Å². The maximum Gasteiger partial charge on any atom is 0.281 e. The molecular weight excluding hydrogens is 549 g/mol. The second-order valence-corrected chi connectivity index (χ2v) is 11.1. The Morgan fingerprint density at radius 3 is 2.60 bits per heavy atom. The van der Waals surface area contributed by atoms with E-state index in [9.17, 15) is 14.0 Å². The molecule has 0 aliphatic carbocycles. The molecule has 202 valence electrons. The normalized spacial score (nSPS) is 16.6. The van der Waals surface area contributed by atoms with Gasteiger partial charge in [-0.05, 0) is 65.4 Å². The average Bonchev–Trinajstić information content (AvgIpc) is 3.66. The van der Waals surface area contributed by atoms with E-state index in [0.717, 1.165) is 27.3 Å². The van der Waals surface area contributed by atoms with Gasteiger partial charge in [-0.3, -0.25) is 9.59 Å². The van der Waals surface area contributed by atoms with Gasteiger partial charge in [-0.15, -0.1) is 11.3 Å². The average molecular weight is 574 g/mol. The molecule has 0 fully saturated rings. The summed E-state index contributed by atoms with van der Waals surface area (Å²) in [6.45, 7) is 0.789. The summed E-state index contributed by atoms with van der Waals surface area (Å²) in [5.41, 5.74) is 3.98. The number of hydrogen-bond donors (Lipinski definition) is 0. The van der Waals surface area contributed by atoms with E-state index < -0.39 is 0 Å². The van der Waals surface area contributed by atoms with Crippen LogP contribution in [-0.4, -0.2) is 40.6 Å². The zero-order valence-corrected chi connectivity index (χ0v) is 23.0. The summed E-state index contributed by atoms with van der Waals surface area (Å²) in [5, 5.41) is 8.71. The van der Waals surface area contributed by atoms with Crippen LogP contribution in [0.3, 0.4) is 0 Å². The lowest BCUT2D eigenvalue weighted by Crippen LogP contribution is -2.37. The van der Waals surface area contributed by atoms with Crippen molar-refractivity contribution in [3.8, 4) is 5.75 Å². The van der Waals surface area contributed by atoms with Gasteiger partial charge in [0, 0.05) is 35.7 Å². The summed E-state index contributed by atoms with van der Waals surface area (Å²) < 4.78 is 19.6. The highest BCUT2D eigenvalue weighted by Crippen LogP contribution is 2.34. The smallest absolute Gasteiger partial charge is 0.281 e. The first-order valence-corrected chi connectivity index (χ1v) is 14.2. The SMILES string of the molecule is O=C1c2cccc(OCC(=O)N3N=C(c4cccs4)C[C@H]3c3ccc(F)cc3)c2CCN1Cc1ccc(Cl)cc1. The van der Waals surface area contributed by atoms with E-state index in [2.05, 4.69) is 5.10 Å². The molecule has 3 aromatic carbocycles. The summed E-state index contributed by atoms with van der Waals surface area (Å²) in [6, 6.07) is 22.5.